The smallest absolute Gasteiger partial charge is 0.169 e. The molecule has 0 radical (unpaired) electrons. The van der Waals surface area contributed by atoms with Crippen molar-refractivity contribution in [2.45, 2.75) is 18.5 Å². The fourth-order valence-electron chi connectivity index (χ4n) is 2.62. The van der Waals surface area contributed by atoms with Gasteiger partial charge in [0.05, 0.1) is 13.2 Å². The Labute approximate surface area is 112 Å². The largest absolute Gasteiger partial charge is 0.493 e. The number of nitrogens with two attached hydrogens (primary N) is 1. The maximum absolute atomic E-state index is 6.24. The van der Waals surface area contributed by atoms with Crippen molar-refractivity contribution < 1.29 is 4.74 Å². The molecule has 1 aromatic heterocycles. The molecule has 2 unspecified atom stereocenters. The second-order valence-electron chi connectivity index (χ2n) is 4.74. The van der Waals surface area contributed by atoms with Crippen molar-refractivity contribution in [2.24, 2.45) is 5.73 Å². The molecule has 0 saturated carbocycles. The van der Waals surface area contributed by atoms with Crippen LogP contribution in [0.3, 0.4) is 0 Å². The number of nitrogens with one attached hydrogen (secondary N) is 1. The Bertz CT molecular complexity index is 585. The minimum absolute atomic E-state index is 0.0594. The quantitative estimate of drug-likeness (QED) is 0.882. The highest BCUT2D eigenvalue weighted by molar-refractivity contribution is 5.53. The highest BCUT2D eigenvalue weighted by Crippen LogP contribution is 2.34. The summed E-state index contributed by atoms with van der Waals surface area (Å²) in [5, 5.41) is 3.41. The molecule has 0 spiro atoms. The highest BCUT2D eigenvalue weighted by Gasteiger charge is 2.30. The third kappa shape index (κ3) is 2.15. The van der Waals surface area contributed by atoms with Crippen molar-refractivity contribution >= 4 is 5.82 Å². The molecule has 0 amide bonds. The van der Waals surface area contributed by atoms with Gasteiger partial charge in [0.25, 0.3) is 0 Å². The molecule has 0 fully saturated rings. The van der Waals surface area contributed by atoms with Gasteiger partial charge in [-0.2, -0.15) is 0 Å². The Balaban J connectivity index is 1.91. The van der Waals surface area contributed by atoms with Gasteiger partial charge >= 0.3 is 0 Å². The average Bonchev–Trinajstić information content (AvgIpc) is 2.76. The molecule has 2 aromatic rings. The number of nitrogens with zero attached hydrogens (tertiary/aromatic N) is 1. The zero-order chi connectivity index (χ0) is 13.2. The van der Waals surface area contributed by atoms with Crippen LogP contribution in [0.25, 0.3) is 0 Å². The number of rotatable bonds is 3. The summed E-state index contributed by atoms with van der Waals surface area (Å²) in [5.74, 6) is 1.47. The van der Waals surface area contributed by atoms with Gasteiger partial charge in [-0.3, -0.25) is 0 Å². The lowest BCUT2D eigenvalue weighted by atomic mass is 10.1. The molecule has 1 aromatic carbocycles. The molecule has 1 aliphatic carbocycles. The number of fused-ring (bicyclic) bond motifs is 1. The monoisotopic (exact) mass is 255 g/mol. The van der Waals surface area contributed by atoms with Gasteiger partial charge in [0.15, 0.2) is 11.6 Å². The molecule has 0 aliphatic heterocycles. The summed E-state index contributed by atoms with van der Waals surface area (Å²) in [6, 6.07) is 12.2. The number of benzene rings is 1. The van der Waals surface area contributed by atoms with Crippen LogP contribution in [-0.2, 0) is 6.42 Å². The molecule has 0 bridgehead atoms. The van der Waals surface area contributed by atoms with E-state index in [0.29, 0.717) is 0 Å². The van der Waals surface area contributed by atoms with Crippen LogP contribution in [-0.4, -0.2) is 18.1 Å². The Hall–Kier alpha value is -2.07. The summed E-state index contributed by atoms with van der Waals surface area (Å²) in [6.07, 6.45) is 2.64. The van der Waals surface area contributed by atoms with Crippen molar-refractivity contribution in [2.75, 3.05) is 12.4 Å². The maximum atomic E-state index is 6.24. The first kappa shape index (κ1) is 12.0. The standard InChI is InChI=1S/C15H17N3O/c1-19-13-7-4-8-17-15(13)18-14-11-6-3-2-5-10(11)9-12(14)16/h2-8,12,14H,9,16H2,1H3,(H,17,18). The predicted molar refractivity (Wildman–Crippen MR) is 75.3 cm³/mol. The van der Waals surface area contributed by atoms with Crippen molar-refractivity contribution in [1.82, 2.24) is 4.98 Å². The summed E-state index contributed by atoms with van der Waals surface area (Å²) < 4.78 is 5.31. The van der Waals surface area contributed by atoms with Gasteiger partial charge in [-0.15, -0.1) is 0 Å². The first-order valence-corrected chi connectivity index (χ1v) is 6.38. The molecule has 1 heterocycles. The summed E-state index contributed by atoms with van der Waals surface area (Å²) >= 11 is 0. The lowest BCUT2D eigenvalue weighted by molar-refractivity contribution is 0.414. The normalized spacial score (nSPS) is 20.9. The number of ether oxygens (including phenoxy) is 1. The Morgan fingerprint density at radius 1 is 1.26 bits per heavy atom. The number of pyridine rings is 1. The molecule has 19 heavy (non-hydrogen) atoms. The van der Waals surface area contributed by atoms with Crippen LogP contribution in [0.4, 0.5) is 5.82 Å². The molecular weight excluding hydrogens is 238 g/mol. The number of anilines is 1. The molecule has 98 valence electrons. The molecule has 0 saturated heterocycles. The second kappa shape index (κ2) is 4.90. The van der Waals surface area contributed by atoms with Gasteiger partial charge in [0.1, 0.15) is 0 Å². The fourth-order valence-corrected chi connectivity index (χ4v) is 2.62. The number of hydrogen-bond donors (Lipinski definition) is 2. The molecule has 4 heteroatoms. The lowest BCUT2D eigenvalue weighted by Gasteiger charge is -2.20. The van der Waals surface area contributed by atoms with E-state index in [1.807, 2.05) is 18.2 Å². The van der Waals surface area contributed by atoms with Gasteiger partial charge in [-0.05, 0) is 29.7 Å². The summed E-state index contributed by atoms with van der Waals surface area (Å²) in [4.78, 5) is 4.33. The molecule has 4 nitrogen and oxygen atoms in total. The van der Waals surface area contributed by atoms with E-state index in [2.05, 4.69) is 28.5 Å². The molecule has 3 rings (SSSR count). The first-order chi connectivity index (χ1) is 9.29. The van der Waals surface area contributed by atoms with E-state index < -0.39 is 0 Å². The minimum Gasteiger partial charge on any atom is -0.493 e. The minimum atomic E-state index is 0.0594. The van der Waals surface area contributed by atoms with Crippen molar-refractivity contribution in [3.8, 4) is 5.75 Å². The van der Waals surface area contributed by atoms with E-state index in [4.69, 9.17) is 10.5 Å². The molecular formula is C15H17N3O. The topological polar surface area (TPSA) is 60.2 Å². The third-order valence-corrected chi connectivity index (χ3v) is 3.56. The molecule has 2 atom stereocenters. The zero-order valence-electron chi connectivity index (χ0n) is 10.8. The van der Waals surface area contributed by atoms with Gasteiger partial charge < -0.3 is 15.8 Å². The zero-order valence-corrected chi connectivity index (χ0v) is 10.8. The van der Waals surface area contributed by atoms with Crippen LogP contribution in [0.15, 0.2) is 42.6 Å². The Kier molecular flexibility index (Phi) is 3.09. The summed E-state index contributed by atoms with van der Waals surface area (Å²) in [6.45, 7) is 0. The van der Waals surface area contributed by atoms with Crippen molar-refractivity contribution in [1.29, 1.82) is 0 Å². The molecule has 1 aliphatic rings. The van der Waals surface area contributed by atoms with Crippen molar-refractivity contribution in [3.63, 3.8) is 0 Å². The maximum Gasteiger partial charge on any atom is 0.169 e. The van der Waals surface area contributed by atoms with Crippen LogP contribution < -0.4 is 15.8 Å². The Morgan fingerprint density at radius 3 is 2.95 bits per heavy atom. The summed E-state index contributed by atoms with van der Waals surface area (Å²) in [7, 11) is 1.64. The predicted octanol–water partition coefficient (Wildman–Crippen LogP) is 2.13. The van der Waals surface area contributed by atoms with Crippen LogP contribution in [0.2, 0.25) is 0 Å². The lowest BCUT2D eigenvalue weighted by Crippen LogP contribution is -2.30. The number of aromatic nitrogens is 1. The molecule has 3 N–H and O–H groups in total. The van der Waals surface area contributed by atoms with Crippen LogP contribution >= 0.6 is 0 Å². The SMILES string of the molecule is COc1cccnc1NC1c2ccccc2CC1N. The van der Waals surface area contributed by atoms with E-state index in [1.54, 1.807) is 13.3 Å². The Morgan fingerprint density at radius 2 is 2.11 bits per heavy atom. The van der Waals surface area contributed by atoms with Crippen LogP contribution in [0.5, 0.6) is 5.75 Å². The van der Waals surface area contributed by atoms with Gasteiger partial charge in [-0.25, -0.2) is 4.98 Å². The second-order valence-corrected chi connectivity index (χ2v) is 4.74. The van der Waals surface area contributed by atoms with Crippen LogP contribution in [0, 0.1) is 0 Å². The average molecular weight is 255 g/mol. The van der Waals surface area contributed by atoms with E-state index in [1.165, 1.54) is 11.1 Å². The number of methoxy groups -OCH3 is 1. The summed E-state index contributed by atoms with van der Waals surface area (Å²) in [5.41, 5.74) is 8.80. The van der Waals surface area contributed by atoms with E-state index in [-0.39, 0.29) is 12.1 Å². The van der Waals surface area contributed by atoms with Gasteiger partial charge in [0, 0.05) is 12.2 Å². The third-order valence-electron chi connectivity index (χ3n) is 3.56. The first-order valence-electron chi connectivity index (χ1n) is 6.38. The van der Waals surface area contributed by atoms with E-state index in [9.17, 15) is 0 Å². The number of hydrogen-bond acceptors (Lipinski definition) is 4. The van der Waals surface area contributed by atoms with E-state index in [0.717, 1.165) is 18.0 Å². The van der Waals surface area contributed by atoms with Crippen LogP contribution in [0.1, 0.15) is 17.2 Å². The van der Waals surface area contributed by atoms with E-state index >= 15 is 0 Å². The van der Waals surface area contributed by atoms with Gasteiger partial charge in [0.2, 0.25) is 0 Å². The van der Waals surface area contributed by atoms with Crippen molar-refractivity contribution in [3.05, 3.63) is 53.7 Å². The fraction of sp³-hybridized carbons (Fsp3) is 0.267. The highest BCUT2D eigenvalue weighted by atomic mass is 16.5. The van der Waals surface area contributed by atoms with Gasteiger partial charge in [-0.1, -0.05) is 24.3 Å².